The number of methoxy groups -OCH3 is 1. The number of nitrogens with zero attached hydrogens (tertiary/aromatic N) is 2. The third-order valence-electron chi connectivity index (χ3n) is 6.76. The molecule has 2 aliphatic heterocycles. The minimum Gasteiger partial charge on any atom is -0.381 e. The number of piperazine rings is 1. The molecule has 2 amide bonds. The molecule has 6 nitrogen and oxygen atoms in total. The molecule has 0 saturated carbocycles. The zero-order valence-electron chi connectivity index (χ0n) is 18.8. The molecule has 32 heavy (non-hydrogen) atoms. The van der Waals surface area contributed by atoms with Crippen molar-refractivity contribution in [3.05, 3.63) is 71.8 Å². The summed E-state index contributed by atoms with van der Waals surface area (Å²) in [5.74, 6) is 0.150. The van der Waals surface area contributed by atoms with E-state index in [1.54, 1.807) is 7.11 Å². The van der Waals surface area contributed by atoms with Crippen molar-refractivity contribution in [2.45, 2.75) is 37.3 Å². The maximum absolute atomic E-state index is 13.1. The van der Waals surface area contributed by atoms with E-state index < -0.39 is 6.04 Å². The summed E-state index contributed by atoms with van der Waals surface area (Å²) < 4.78 is 5.42. The first kappa shape index (κ1) is 22.5. The van der Waals surface area contributed by atoms with Gasteiger partial charge in [-0.15, -0.1) is 0 Å². The topological polar surface area (TPSA) is 61.9 Å². The van der Waals surface area contributed by atoms with E-state index in [1.807, 2.05) is 17.0 Å². The van der Waals surface area contributed by atoms with Crippen LogP contribution in [0.15, 0.2) is 60.7 Å². The van der Waals surface area contributed by atoms with Crippen LogP contribution < -0.4 is 5.32 Å². The molecule has 0 aliphatic carbocycles. The Morgan fingerprint density at radius 2 is 1.59 bits per heavy atom. The van der Waals surface area contributed by atoms with Crippen LogP contribution in [0.2, 0.25) is 0 Å². The predicted octanol–water partition coefficient (Wildman–Crippen LogP) is 2.65. The van der Waals surface area contributed by atoms with Crippen LogP contribution in [0.1, 0.15) is 36.3 Å². The van der Waals surface area contributed by atoms with Crippen molar-refractivity contribution in [2.24, 2.45) is 0 Å². The lowest BCUT2D eigenvalue weighted by molar-refractivity contribution is -0.140. The SMILES string of the molecule is COC1CCN(C(=O)CC2C(=O)NCCN2CC(c2ccccc2)c2ccccc2)CC1. The smallest absolute Gasteiger partial charge is 0.237 e. The molecule has 0 spiro atoms. The number of nitrogens with one attached hydrogen (secondary N) is 1. The summed E-state index contributed by atoms with van der Waals surface area (Å²) in [7, 11) is 1.72. The highest BCUT2D eigenvalue weighted by molar-refractivity contribution is 5.89. The summed E-state index contributed by atoms with van der Waals surface area (Å²) in [4.78, 5) is 30.0. The van der Waals surface area contributed by atoms with Gasteiger partial charge in [0.2, 0.25) is 11.8 Å². The summed E-state index contributed by atoms with van der Waals surface area (Å²) >= 11 is 0. The Labute approximate surface area is 190 Å². The lowest BCUT2D eigenvalue weighted by atomic mass is 9.90. The summed E-state index contributed by atoms with van der Waals surface area (Å²) in [5, 5.41) is 2.97. The highest BCUT2D eigenvalue weighted by Gasteiger charge is 2.35. The molecule has 1 atom stereocenters. The summed E-state index contributed by atoms with van der Waals surface area (Å²) in [6.45, 7) is 3.44. The molecule has 170 valence electrons. The Kier molecular flexibility index (Phi) is 7.55. The highest BCUT2D eigenvalue weighted by Crippen LogP contribution is 2.27. The van der Waals surface area contributed by atoms with E-state index in [9.17, 15) is 9.59 Å². The molecule has 4 rings (SSSR count). The van der Waals surface area contributed by atoms with Gasteiger partial charge in [0.25, 0.3) is 0 Å². The van der Waals surface area contributed by atoms with Crippen molar-refractivity contribution >= 4 is 11.8 Å². The van der Waals surface area contributed by atoms with Crippen LogP contribution in [0.3, 0.4) is 0 Å². The van der Waals surface area contributed by atoms with Gasteiger partial charge in [-0.2, -0.15) is 0 Å². The van der Waals surface area contributed by atoms with Gasteiger partial charge in [-0.1, -0.05) is 60.7 Å². The standard InChI is InChI=1S/C26H33N3O3/c1-32-22-12-15-28(16-13-22)25(30)18-24-26(31)27-14-17-29(24)19-23(20-8-4-2-5-9-20)21-10-6-3-7-11-21/h2-11,22-24H,12-19H2,1H3,(H,27,31). The van der Waals surface area contributed by atoms with E-state index in [-0.39, 0.29) is 30.3 Å². The second-order valence-corrected chi connectivity index (χ2v) is 8.70. The molecule has 0 aromatic heterocycles. The number of rotatable bonds is 7. The van der Waals surface area contributed by atoms with Gasteiger partial charge >= 0.3 is 0 Å². The number of hydrogen-bond acceptors (Lipinski definition) is 4. The third-order valence-corrected chi connectivity index (χ3v) is 6.76. The number of carbonyl (C=O) groups excluding carboxylic acids is 2. The number of amides is 2. The molecule has 1 unspecified atom stereocenters. The fourth-order valence-corrected chi connectivity index (χ4v) is 4.85. The minimum atomic E-state index is -0.439. The molecule has 6 heteroatoms. The second kappa shape index (κ2) is 10.7. The highest BCUT2D eigenvalue weighted by atomic mass is 16.5. The van der Waals surface area contributed by atoms with E-state index >= 15 is 0 Å². The van der Waals surface area contributed by atoms with E-state index in [0.717, 1.165) is 19.4 Å². The first-order valence-electron chi connectivity index (χ1n) is 11.6. The van der Waals surface area contributed by atoms with Gasteiger partial charge in [-0.25, -0.2) is 0 Å². The van der Waals surface area contributed by atoms with Gasteiger partial charge in [0.05, 0.1) is 18.6 Å². The maximum Gasteiger partial charge on any atom is 0.237 e. The van der Waals surface area contributed by atoms with Crippen LogP contribution >= 0.6 is 0 Å². The number of ether oxygens (including phenoxy) is 1. The number of benzene rings is 2. The number of carbonyl (C=O) groups is 2. The fraction of sp³-hybridized carbons (Fsp3) is 0.462. The molecule has 1 N–H and O–H groups in total. The first-order valence-corrected chi connectivity index (χ1v) is 11.6. The first-order chi connectivity index (χ1) is 15.7. The average Bonchev–Trinajstić information content (AvgIpc) is 2.85. The molecular formula is C26H33N3O3. The summed E-state index contributed by atoms with van der Waals surface area (Å²) in [6, 6.07) is 20.4. The number of likely N-dealkylation sites (tertiary alicyclic amines) is 1. The van der Waals surface area contributed by atoms with Crippen molar-refractivity contribution in [2.75, 3.05) is 39.8 Å². The molecule has 2 fully saturated rings. The molecule has 0 radical (unpaired) electrons. The predicted molar refractivity (Wildman–Crippen MR) is 124 cm³/mol. The van der Waals surface area contributed by atoms with Gasteiger partial charge in [0, 0.05) is 45.8 Å². The molecule has 2 aromatic rings. The van der Waals surface area contributed by atoms with Crippen molar-refractivity contribution < 1.29 is 14.3 Å². The minimum absolute atomic E-state index is 0.0451. The van der Waals surface area contributed by atoms with E-state index in [4.69, 9.17) is 4.74 Å². The van der Waals surface area contributed by atoms with E-state index in [0.29, 0.717) is 26.2 Å². The lowest BCUT2D eigenvalue weighted by Crippen LogP contribution is -2.57. The lowest BCUT2D eigenvalue weighted by Gasteiger charge is -2.38. The van der Waals surface area contributed by atoms with Crippen LogP contribution in [0.25, 0.3) is 0 Å². The largest absolute Gasteiger partial charge is 0.381 e. The van der Waals surface area contributed by atoms with Crippen LogP contribution in [-0.4, -0.2) is 73.6 Å². The van der Waals surface area contributed by atoms with Gasteiger partial charge in [0.15, 0.2) is 0 Å². The monoisotopic (exact) mass is 435 g/mol. The van der Waals surface area contributed by atoms with Gasteiger partial charge < -0.3 is 15.0 Å². The van der Waals surface area contributed by atoms with E-state index in [1.165, 1.54) is 11.1 Å². The average molecular weight is 436 g/mol. The molecule has 0 bridgehead atoms. The Hall–Kier alpha value is -2.70. The Balaban J connectivity index is 1.50. The van der Waals surface area contributed by atoms with Gasteiger partial charge in [0.1, 0.15) is 0 Å². The molecule has 2 aromatic carbocycles. The molecule has 2 heterocycles. The third kappa shape index (κ3) is 5.37. The molecule has 2 aliphatic rings. The summed E-state index contributed by atoms with van der Waals surface area (Å²) in [6.07, 6.45) is 2.16. The van der Waals surface area contributed by atoms with Crippen molar-refractivity contribution in [1.29, 1.82) is 0 Å². The van der Waals surface area contributed by atoms with Gasteiger partial charge in [-0.3, -0.25) is 14.5 Å². The van der Waals surface area contributed by atoms with Crippen LogP contribution in [0.5, 0.6) is 0 Å². The fourth-order valence-electron chi connectivity index (χ4n) is 4.85. The van der Waals surface area contributed by atoms with Crippen molar-refractivity contribution in [3.63, 3.8) is 0 Å². The van der Waals surface area contributed by atoms with E-state index in [2.05, 4.69) is 58.7 Å². The Bertz CT molecular complexity index is 842. The number of piperidine rings is 1. The Morgan fingerprint density at radius 1 is 1.00 bits per heavy atom. The number of hydrogen-bond donors (Lipinski definition) is 1. The Morgan fingerprint density at radius 3 is 2.16 bits per heavy atom. The molecule has 2 saturated heterocycles. The van der Waals surface area contributed by atoms with Crippen molar-refractivity contribution in [3.8, 4) is 0 Å². The maximum atomic E-state index is 13.1. The summed E-state index contributed by atoms with van der Waals surface area (Å²) in [5.41, 5.74) is 2.44. The second-order valence-electron chi connectivity index (χ2n) is 8.70. The van der Waals surface area contributed by atoms with Crippen LogP contribution in [0, 0.1) is 0 Å². The van der Waals surface area contributed by atoms with Crippen molar-refractivity contribution in [1.82, 2.24) is 15.1 Å². The van der Waals surface area contributed by atoms with Crippen LogP contribution in [-0.2, 0) is 14.3 Å². The normalized spacial score (nSPS) is 20.4. The van der Waals surface area contributed by atoms with Gasteiger partial charge in [-0.05, 0) is 24.0 Å². The van der Waals surface area contributed by atoms with Crippen LogP contribution in [0.4, 0.5) is 0 Å². The molecular weight excluding hydrogens is 402 g/mol. The quantitative estimate of drug-likeness (QED) is 0.726. The zero-order valence-corrected chi connectivity index (χ0v) is 18.8. The zero-order chi connectivity index (χ0) is 22.3.